The summed E-state index contributed by atoms with van der Waals surface area (Å²) in [7, 11) is 0. The summed E-state index contributed by atoms with van der Waals surface area (Å²) >= 11 is 0. The molecule has 198 valence electrons. The number of carboxylic acids is 1. The standard InChI is InChI=1S/C29H38N4O4/c1-18(31-37-17-27(34)35)28-29(36)33(26-9-5-4-8-25(26)30-28)24-15-21-10-11-22(16-24)32(21)23-13-19-6-2-3-7-20(12-19)14-23/h4-5,8-9,19-24H,2-3,6-7,10-17H2,1H3,(H,34,35)/b31-18+/t19?,20?,21-,22+,23?,24+. The molecule has 2 aromatic rings. The van der Waals surface area contributed by atoms with Gasteiger partial charge in [-0.3, -0.25) is 9.69 Å². The van der Waals surface area contributed by atoms with Crippen molar-refractivity contribution in [3.8, 4) is 0 Å². The van der Waals surface area contributed by atoms with Crippen LogP contribution < -0.4 is 5.56 Å². The quantitative estimate of drug-likeness (QED) is 0.449. The molecule has 8 heteroatoms. The first-order chi connectivity index (χ1) is 18.0. The smallest absolute Gasteiger partial charge is 0.344 e. The fourth-order valence-electron chi connectivity index (χ4n) is 8.08. The number of fused-ring (bicyclic) bond motifs is 5. The average molecular weight is 507 g/mol. The van der Waals surface area contributed by atoms with E-state index in [1.165, 1.54) is 57.8 Å². The summed E-state index contributed by atoms with van der Waals surface area (Å²) in [5, 5.41) is 12.7. The molecule has 0 radical (unpaired) electrons. The number of hydrogen-bond donors (Lipinski definition) is 1. The van der Waals surface area contributed by atoms with E-state index in [-0.39, 0.29) is 17.3 Å². The monoisotopic (exact) mass is 506 g/mol. The van der Waals surface area contributed by atoms with E-state index >= 15 is 0 Å². The molecule has 37 heavy (non-hydrogen) atoms. The number of aliphatic carboxylic acids is 1. The van der Waals surface area contributed by atoms with Crippen molar-refractivity contribution in [1.29, 1.82) is 0 Å². The first kappa shape index (κ1) is 24.6. The lowest BCUT2D eigenvalue weighted by molar-refractivity contribution is -0.142. The second kappa shape index (κ2) is 10.2. The zero-order valence-corrected chi connectivity index (χ0v) is 21.7. The topological polar surface area (TPSA) is 97.0 Å². The van der Waals surface area contributed by atoms with E-state index in [1.54, 1.807) is 6.92 Å². The Morgan fingerprint density at radius 3 is 2.32 bits per heavy atom. The van der Waals surface area contributed by atoms with E-state index in [2.05, 4.69) is 15.0 Å². The molecular formula is C29H38N4O4. The average Bonchev–Trinajstić information content (AvgIpc) is 3.03. The number of para-hydroxylation sites is 2. The van der Waals surface area contributed by atoms with Crippen LogP contribution in [0.25, 0.3) is 11.0 Å². The molecule has 2 saturated carbocycles. The molecule has 2 unspecified atom stereocenters. The van der Waals surface area contributed by atoms with Crippen molar-refractivity contribution in [1.82, 2.24) is 14.5 Å². The third-order valence-corrected chi connectivity index (χ3v) is 9.43. The lowest BCUT2D eigenvalue weighted by Crippen LogP contribution is -2.52. The summed E-state index contributed by atoms with van der Waals surface area (Å²) in [4.78, 5) is 37.1. The van der Waals surface area contributed by atoms with Crippen LogP contribution in [-0.2, 0) is 9.63 Å². The molecule has 0 spiro atoms. The van der Waals surface area contributed by atoms with Crippen molar-refractivity contribution >= 4 is 22.7 Å². The zero-order valence-electron chi connectivity index (χ0n) is 21.7. The molecule has 2 aliphatic heterocycles. The summed E-state index contributed by atoms with van der Waals surface area (Å²) in [6, 6.07) is 9.69. The van der Waals surface area contributed by atoms with Crippen molar-refractivity contribution in [2.75, 3.05) is 6.61 Å². The molecule has 3 heterocycles. The first-order valence-electron chi connectivity index (χ1n) is 14.2. The molecule has 0 amide bonds. The minimum absolute atomic E-state index is 0.117. The molecule has 1 N–H and O–H groups in total. The van der Waals surface area contributed by atoms with Crippen LogP contribution in [0.2, 0.25) is 0 Å². The Bertz CT molecular complexity index is 1230. The number of oxime groups is 1. The normalized spacial score (nSPS) is 32.3. The van der Waals surface area contributed by atoms with Crippen molar-refractivity contribution in [3.63, 3.8) is 0 Å². The molecule has 2 aliphatic carbocycles. The number of benzene rings is 1. The van der Waals surface area contributed by atoms with Crippen LogP contribution in [0.15, 0.2) is 34.2 Å². The molecule has 5 atom stereocenters. The van der Waals surface area contributed by atoms with Gasteiger partial charge in [0.15, 0.2) is 5.69 Å². The van der Waals surface area contributed by atoms with Crippen LogP contribution in [0.4, 0.5) is 0 Å². The molecule has 8 nitrogen and oxygen atoms in total. The van der Waals surface area contributed by atoms with Gasteiger partial charge in [-0.25, -0.2) is 9.78 Å². The van der Waals surface area contributed by atoms with Crippen LogP contribution in [0, 0.1) is 11.8 Å². The summed E-state index contributed by atoms with van der Waals surface area (Å²) in [5.74, 6) is 0.700. The van der Waals surface area contributed by atoms with Gasteiger partial charge in [-0.2, -0.15) is 0 Å². The van der Waals surface area contributed by atoms with E-state index in [9.17, 15) is 9.59 Å². The number of hydrogen-bond acceptors (Lipinski definition) is 6. The summed E-state index contributed by atoms with van der Waals surface area (Å²) in [6.45, 7) is 1.10. The van der Waals surface area contributed by atoms with Crippen LogP contribution in [-0.4, -0.2) is 56.0 Å². The largest absolute Gasteiger partial charge is 0.479 e. The fraction of sp³-hybridized carbons (Fsp3) is 0.655. The minimum atomic E-state index is -1.11. The predicted molar refractivity (Wildman–Crippen MR) is 142 cm³/mol. The van der Waals surface area contributed by atoms with Crippen LogP contribution >= 0.6 is 0 Å². The number of carboxylic acid groups (broad SMARTS) is 1. The fourth-order valence-corrected chi connectivity index (χ4v) is 8.08. The van der Waals surface area contributed by atoms with Crippen LogP contribution in [0.1, 0.15) is 89.3 Å². The summed E-state index contributed by atoms with van der Waals surface area (Å²) < 4.78 is 1.96. The van der Waals surface area contributed by atoms with Gasteiger partial charge >= 0.3 is 5.97 Å². The Morgan fingerprint density at radius 1 is 0.973 bits per heavy atom. The van der Waals surface area contributed by atoms with Gasteiger partial charge in [0, 0.05) is 24.2 Å². The van der Waals surface area contributed by atoms with Gasteiger partial charge in [0.2, 0.25) is 6.61 Å². The van der Waals surface area contributed by atoms with E-state index in [0.717, 1.165) is 35.7 Å². The van der Waals surface area contributed by atoms with Crippen LogP contribution in [0.5, 0.6) is 0 Å². The van der Waals surface area contributed by atoms with Crippen molar-refractivity contribution < 1.29 is 14.7 Å². The second-order valence-corrected chi connectivity index (χ2v) is 11.8. The maximum atomic E-state index is 13.8. The molecule has 6 rings (SSSR count). The number of carbonyl (C=O) groups is 1. The molecule has 1 aromatic heterocycles. The summed E-state index contributed by atoms with van der Waals surface area (Å²) in [5.41, 5.74) is 1.97. The Morgan fingerprint density at radius 2 is 1.65 bits per heavy atom. The zero-order chi connectivity index (χ0) is 25.5. The van der Waals surface area contributed by atoms with Gasteiger partial charge in [-0.05, 0) is 75.8 Å². The van der Waals surface area contributed by atoms with E-state index < -0.39 is 12.6 Å². The highest BCUT2D eigenvalue weighted by atomic mass is 16.6. The molecule has 1 aromatic carbocycles. The molecule has 4 bridgehead atoms. The minimum Gasteiger partial charge on any atom is -0.479 e. The number of aromatic nitrogens is 2. The highest BCUT2D eigenvalue weighted by Crippen LogP contribution is 2.47. The lowest BCUT2D eigenvalue weighted by Gasteiger charge is -2.48. The number of piperidine rings is 1. The highest BCUT2D eigenvalue weighted by molar-refractivity contribution is 5.97. The van der Waals surface area contributed by atoms with Gasteiger partial charge in [-0.15, -0.1) is 0 Å². The van der Waals surface area contributed by atoms with E-state index in [1.807, 2.05) is 28.8 Å². The lowest BCUT2D eigenvalue weighted by atomic mass is 9.76. The molecule has 2 saturated heterocycles. The Kier molecular flexibility index (Phi) is 6.78. The first-order valence-corrected chi connectivity index (χ1v) is 14.2. The van der Waals surface area contributed by atoms with E-state index in [0.29, 0.717) is 23.8 Å². The molecule has 4 fully saturated rings. The van der Waals surface area contributed by atoms with Gasteiger partial charge in [0.1, 0.15) is 5.71 Å². The SMILES string of the molecule is C/C(=N\OCC(=O)O)c1nc2ccccc2n([C@H]2C[C@H]3CC[C@@H](C2)N3C2CC3CCCCC(C3)C2)c1=O. The molecule has 4 aliphatic rings. The molecular weight excluding hydrogens is 468 g/mol. The maximum absolute atomic E-state index is 13.8. The maximum Gasteiger partial charge on any atom is 0.344 e. The summed E-state index contributed by atoms with van der Waals surface area (Å²) in [6.07, 6.45) is 14.2. The van der Waals surface area contributed by atoms with Crippen LogP contribution in [0.3, 0.4) is 0 Å². The Balaban J connectivity index is 1.29. The Hall–Kier alpha value is -2.74. The van der Waals surface area contributed by atoms with Crippen molar-refractivity contribution in [2.45, 2.75) is 102 Å². The number of nitrogens with zero attached hydrogens (tertiary/aromatic N) is 4. The second-order valence-electron chi connectivity index (χ2n) is 11.8. The third-order valence-electron chi connectivity index (χ3n) is 9.43. The van der Waals surface area contributed by atoms with Gasteiger partial charge in [0.05, 0.1) is 11.0 Å². The predicted octanol–water partition coefficient (Wildman–Crippen LogP) is 4.75. The van der Waals surface area contributed by atoms with E-state index in [4.69, 9.17) is 9.94 Å². The van der Waals surface area contributed by atoms with Gasteiger partial charge < -0.3 is 14.5 Å². The highest BCUT2D eigenvalue weighted by Gasteiger charge is 2.47. The van der Waals surface area contributed by atoms with Gasteiger partial charge in [0.25, 0.3) is 5.56 Å². The third kappa shape index (κ3) is 4.80. The Labute approximate surface area is 217 Å². The van der Waals surface area contributed by atoms with Crippen molar-refractivity contribution in [2.24, 2.45) is 17.0 Å². The number of rotatable bonds is 6. The van der Waals surface area contributed by atoms with Crippen molar-refractivity contribution in [3.05, 3.63) is 40.3 Å². The van der Waals surface area contributed by atoms with Gasteiger partial charge in [-0.1, -0.05) is 43.0 Å².